The topological polar surface area (TPSA) is 70.6 Å². The van der Waals surface area contributed by atoms with Gasteiger partial charge in [0.1, 0.15) is 5.75 Å². The lowest BCUT2D eigenvalue weighted by molar-refractivity contribution is -0.114. The molecule has 142 valence electrons. The van der Waals surface area contributed by atoms with Crippen LogP contribution in [0.5, 0.6) is 5.75 Å². The van der Waals surface area contributed by atoms with E-state index in [9.17, 15) is 4.79 Å². The molecule has 1 saturated heterocycles. The Hall–Kier alpha value is -2.67. The third kappa shape index (κ3) is 4.03. The maximum Gasteiger partial charge on any atom is 0.221 e. The van der Waals surface area contributed by atoms with E-state index in [1.807, 2.05) is 30.3 Å². The van der Waals surface area contributed by atoms with E-state index in [1.54, 1.807) is 7.11 Å². The monoisotopic (exact) mass is 367 g/mol. The molecule has 2 aliphatic rings. The molecule has 0 spiro atoms. The molecule has 1 N–H and O–H groups in total. The first-order valence-corrected chi connectivity index (χ1v) is 9.43. The maximum absolute atomic E-state index is 11.3. The van der Waals surface area contributed by atoms with Gasteiger partial charge in [0, 0.05) is 44.7 Å². The number of nitrogens with one attached hydrogen (secondary N) is 1. The van der Waals surface area contributed by atoms with Gasteiger partial charge in [0.15, 0.2) is 5.82 Å². The number of anilines is 2. The third-order valence-electron chi connectivity index (χ3n) is 5.16. The molecule has 1 aliphatic heterocycles. The van der Waals surface area contributed by atoms with E-state index in [1.165, 1.54) is 19.8 Å². The highest BCUT2D eigenvalue weighted by Gasteiger charge is 2.31. The predicted molar refractivity (Wildman–Crippen MR) is 105 cm³/mol. The molecule has 4 rings (SSSR count). The number of piperazine rings is 1. The third-order valence-corrected chi connectivity index (χ3v) is 5.16. The molecular formula is C20H25N5O2. The molecule has 0 atom stereocenters. The van der Waals surface area contributed by atoms with Gasteiger partial charge in [-0.15, -0.1) is 10.2 Å². The lowest BCUT2D eigenvalue weighted by Gasteiger charge is -2.35. The summed E-state index contributed by atoms with van der Waals surface area (Å²) in [5, 5.41) is 11.6. The van der Waals surface area contributed by atoms with Gasteiger partial charge in [-0.25, -0.2) is 0 Å². The summed E-state index contributed by atoms with van der Waals surface area (Å²) in [4.78, 5) is 16.2. The minimum atomic E-state index is -0.132. The summed E-state index contributed by atoms with van der Waals surface area (Å²) in [7, 11) is 1.58. The smallest absolute Gasteiger partial charge is 0.221 e. The van der Waals surface area contributed by atoms with E-state index in [0.717, 1.165) is 49.3 Å². The Bertz CT molecular complexity index is 812. The molecular weight excluding hydrogens is 342 g/mol. The van der Waals surface area contributed by atoms with Gasteiger partial charge in [0.25, 0.3) is 0 Å². The Morgan fingerprint density at radius 2 is 1.89 bits per heavy atom. The van der Waals surface area contributed by atoms with Gasteiger partial charge in [0.2, 0.25) is 5.91 Å². The van der Waals surface area contributed by atoms with Crippen molar-refractivity contribution in [1.82, 2.24) is 15.1 Å². The Kier molecular flexibility index (Phi) is 4.94. The van der Waals surface area contributed by atoms with Crippen LogP contribution in [-0.4, -0.2) is 60.3 Å². The van der Waals surface area contributed by atoms with Crippen LogP contribution in [0, 0.1) is 0 Å². The van der Waals surface area contributed by atoms with Crippen molar-refractivity contribution in [2.24, 2.45) is 0 Å². The fraction of sp³-hybridized carbons (Fsp3) is 0.450. The van der Waals surface area contributed by atoms with Gasteiger partial charge >= 0.3 is 0 Å². The second-order valence-corrected chi connectivity index (χ2v) is 7.13. The molecule has 1 amide bonds. The molecule has 27 heavy (non-hydrogen) atoms. The number of hydrogen-bond acceptors (Lipinski definition) is 6. The van der Waals surface area contributed by atoms with Crippen molar-refractivity contribution < 1.29 is 9.53 Å². The molecule has 1 aromatic carbocycles. The van der Waals surface area contributed by atoms with Gasteiger partial charge in [0.05, 0.1) is 18.5 Å². The molecule has 2 fully saturated rings. The lowest BCUT2D eigenvalue weighted by Crippen LogP contribution is -2.47. The molecule has 0 radical (unpaired) electrons. The van der Waals surface area contributed by atoms with Crippen molar-refractivity contribution in [3.8, 4) is 17.0 Å². The number of ether oxygens (including phenoxy) is 1. The van der Waals surface area contributed by atoms with E-state index < -0.39 is 0 Å². The van der Waals surface area contributed by atoms with Crippen LogP contribution >= 0.6 is 0 Å². The molecule has 1 saturated carbocycles. The first-order valence-electron chi connectivity index (χ1n) is 9.43. The van der Waals surface area contributed by atoms with Crippen molar-refractivity contribution in [3.63, 3.8) is 0 Å². The van der Waals surface area contributed by atoms with Crippen molar-refractivity contribution in [1.29, 1.82) is 0 Å². The number of amides is 1. The Morgan fingerprint density at radius 3 is 2.48 bits per heavy atom. The summed E-state index contributed by atoms with van der Waals surface area (Å²) in [6.07, 6.45) is 2.72. The average molecular weight is 367 g/mol. The van der Waals surface area contributed by atoms with E-state index in [0.29, 0.717) is 11.4 Å². The SMILES string of the molecule is COc1cc(-c2ccc(N3CCN(C4CC4)CC3)nn2)ccc1NC(C)=O. The summed E-state index contributed by atoms with van der Waals surface area (Å²) in [6.45, 7) is 5.70. The summed E-state index contributed by atoms with van der Waals surface area (Å²) < 4.78 is 5.39. The summed E-state index contributed by atoms with van der Waals surface area (Å²) in [5.41, 5.74) is 2.33. The van der Waals surface area contributed by atoms with E-state index in [4.69, 9.17) is 4.74 Å². The van der Waals surface area contributed by atoms with Gasteiger partial charge < -0.3 is 15.0 Å². The number of nitrogens with zero attached hydrogens (tertiary/aromatic N) is 4. The summed E-state index contributed by atoms with van der Waals surface area (Å²) >= 11 is 0. The van der Waals surface area contributed by atoms with Crippen molar-refractivity contribution in [3.05, 3.63) is 30.3 Å². The van der Waals surface area contributed by atoms with Crippen LogP contribution in [0.3, 0.4) is 0 Å². The Balaban J connectivity index is 1.46. The molecule has 7 heteroatoms. The first-order chi connectivity index (χ1) is 13.1. The number of aromatic nitrogens is 2. The standard InChI is InChI=1S/C20H25N5O2/c1-14(26)21-18-6-3-15(13-19(18)27-2)17-7-8-20(23-22-17)25-11-9-24(10-12-25)16-4-5-16/h3,6-8,13,16H,4-5,9-12H2,1-2H3,(H,21,26). The fourth-order valence-electron chi connectivity index (χ4n) is 3.55. The average Bonchev–Trinajstić information content (AvgIpc) is 3.53. The molecule has 2 aromatic rings. The Morgan fingerprint density at radius 1 is 1.11 bits per heavy atom. The van der Waals surface area contributed by atoms with Crippen molar-refractivity contribution in [2.45, 2.75) is 25.8 Å². The number of benzene rings is 1. The zero-order chi connectivity index (χ0) is 18.8. The van der Waals surface area contributed by atoms with Crippen molar-refractivity contribution >= 4 is 17.4 Å². The van der Waals surface area contributed by atoms with Crippen LogP contribution in [0.25, 0.3) is 11.3 Å². The molecule has 1 aromatic heterocycles. The molecule has 0 unspecified atom stereocenters. The zero-order valence-electron chi connectivity index (χ0n) is 15.8. The fourth-order valence-corrected chi connectivity index (χ4v) is 3.55. The second-order valence-electron chi connectivity index (χ2n) is 7.13. The number of hydrogen-bond donors (Lipinski definition) is 1. The summed E-state index contributed by atoms with van der Waals surface area (Å²) in [5.74, 6) is 1.40. The van der Waals surface area contributed by atoms with Crippen molar-refractivity contribution in [2.75, 3.05) is 43.5 Å². The van der Waals surface area contributed by atoms with Crippen LogP contribution in [0.15, 0.2) is 30.3 Å². The molecule has 2 heterocycles. The molecule has 1 aliphatic carbocycles. The predicted octanol–water partition coefficient (Wildman–Crippen LogP) is 2.40. The Labute approximate surface area is 159 Å². The van der Waals surface area contributed by atoms with Crippen LogP contribution in [0.2, 0.25) is 0 Å². The first kappa shape index (κ1) is 17.7. The minimum Gasteiger partial charge on any atom is -0.495 e. The number of rotatable bonds is 5. The van der Waals surface area contributed by atoms with Crippen LogP contribution < -0.4 is 15.0 Å². The van der Waals surface area contributed by atoms with Gasteiger partial charge in [-0.3, -0.25) is 9.69 Å². The highest BCUT2D eigenvalue weighted by atomic mass is 16.5. The van der Waals surface area contributed by atoms with Gasteiger partial charge in [-0.2, -0.15) is 0 Å². The zero-order valence-corrected chi connectivity index (χ0v) is 15.8. The van der Waals surface area contributed by atoms with Crippen LogP contribution in [-0.2, 0) is 4.79 Å². The van der Waals surface area contributed by atoms with Crippen LogP contribution in [0.4, 0.5) is 11.5 Å². The maximum atomic E-state index is 11.3. The highest BCUT2D eigenvalue weighted by Crippen LogP contribution is 2.31. The number of carbonyl (C=O) groups is 1. The number of methoxy groups -OCH3 is 1. The minimum absolute atomic E-state index is 0.132. The van der Waals surface area contributed by atoms with Gasteiger partial charge in [-0.1, -0.05) is 6.07 Å². The molecule has 0 bridgehead atoms. The van der Waals surface area contributed by atoms with E-state index in [-0.39, 0.29) is 5.91 Å². The molecule has 7 nitrogen and oxygen atoms in total. The highest BCUT2D eigenvalue weighted by molar-refractivity contribution is 5.91. The summed E-state index contributed by atoms with van der Waals surface area (Å²) in [6, 6.07) is 10.4. The lowest BCUT2D eigenvalue weighted by atomic mass is 10.1. The quantitative estimate of drug-likeness (QED) is 0.875. The largest absolute Gasteiger partial charge is 0.495 e. The number of carbonyl (C=O) groups excluding carboxylic acids is 1. The second kappa shape index (κ2) is 7.52. The van der Waals surface area contributed by atoms with Gasteiger partial charge in [-0.05, 0) is 37.1 Å². The van der Waals surface area contributed by atoms with E-state index >= 15 is 0 Å². The van der Waals surface area contributed by atoms with Crippen LogP contribution in [0.1, 0.15) is 19.8 Å². The normalized spacial score (nSPS) is 17.6. The van der Waals surface area contributed by atoms with E-state index in [2.05, 4.69) is 25.3 Å².